The summed E-state index contributed by atoms with van der Waals surface area (Å²) in [6.45, 7) is 4.88. The molecule has 2 N–H and O–H groups in total. The molecule has 9 heteroatoms. The van der Waals surface area contributed by atoms with Gasteiger partial charge in [0, 0.05) is 24.7 Å². The van der Waals surface area contributed by atoms with Crippen LogP contribution >= 0.6 is 12.4 Å². The van der Waals surface area contributed by atoms with Crippen LogP contribution in [0.2, 0.25) is 0 Å². The molecule has 0 heterocycles. The molecule has 0 bridgehead atoms. The maximum Gasteiger partial charge on any atom is 0.248 e. The molecular formula is C14H25ClN2O5S. The van der Waals surface area contributed by atoms with Gasteiger partial charge < -0.3 is 19.5 Å². The Morgan fingerprint density at radius 2 is 1.61 bits per heavy atom. The molecule has 7 nitrogen and oxygen atoms in total. The number of hydrogen-bond acceptors (Lipinski definition) is 6. The van der Waals surface area contributed by atoms with Crippen LogP contribution in [0.25, 0.3) is 0 Å². The topological polar surface area (TPSA) is 85.9 Å². The van der Waals surface area contributed by atoms with Gasteiger partial charge in [0.2, 0.25) is 10.0 Å². The highest BCUT2D eigenvalue weighted by atomic mass is 35.5. The van der Waals surface area contributed by atoms with Gasteiger partial charge in [-0.05, 0) is 13.5 Å². The van der Waals surface area contributed by atoms with Crippen molar-refractivity contribution in [1.82, 2.24) is 10.0 Å². The first kappa shape index (κ1) is 21.8. The first-order valence-electron chi connectivity index (χ1n) is 6.92. The van der Waals surface area contributed by atoms with E-state index in [2.05, 4.69) is 10.0 Å². The molecule has 0 aliphatic carbocycles. The van der Waals surface area contributed by atoms with Crippen LogP contribution in [-0.2, 0) is 10.0 Å². The average Bonchev–Trinajstić information content (AvgIpc) is 2.51. The second-order valence-electron chi connectivity index (χ2n) is 4.67. The Kier molecular flexibility index (Phi) is 9.29. The van der Waals surface area contributed by atoms with Gasteiger partial charge >= 0.3 is 0 Å². The second kappa shape index (κ2) is 9.82. The third kappa shape index (κ3) is 5.72. The molecule has 0 fully saturated rings. The fraction of sp³-hybridized carbons (Fsp3) is 0.571. The van der Waals surface area contributed by atoms with Gasteiger partial charge in [-0.15, -0.1) is 12.4 Å². The molecular weight excluding hydrogens is 344 g/mol. The highest BCUT2D eigenvalue weighted by molar-refractivity contribution is 7.89. The summed E-state index contributed by atoms with van der Waals surface area (Å²) in [7, 11) is 0.500. The van der Waals surface area contributed by atoms with Crippen LogP contribution in [0.4, 0.5) is 0 Å². The maximum atomic E-state index is 12.6. The van der Waals surface area contributed by atoms with Crippen molar-refractivity contribution in [1.29, 1.82) is 0 Å². The van der Waals surface area contributed by atoms with E-state index >= 15 is 0 Å². The molecule has 134 valence electrons. The molecule has 1 aromatic rings. The summed E-state index contributed by atoms with van der Waals surface area (Å²) in [5, 5.41) is 3.14. The monoisotopic (exact) mass is 368 g/mol. The lowest BCUT2D eigenvalue weighted by atomic mass is 10.3. The Balaban J connectivity index is 0.00000484. The molecule has 0 spiro atoms. The Morgan fingerprint density at radius 1 is 1.09 bits per heavy atom. The van der Waals surface area contributed by atoms with Gasteiger partial charge in [-0.2, -0.15) is 0 Å². The summed E-state index contributed by atoms with van der Waals surface area (Å²) >= 11 is 0. The Hall–Kier alpha value is -1.22. The van der Waals surface area contributed by atoms with Crippen molar-refractivity contribution in [2.24, 2.45) is 0 Å². The van der Waals surface area contributed by atoms with Gasteiger partial charge in [-0.1, -0.05) is 6.92 Å². The molecule has 0 aromatic heterocycles. The van der Waals surface area contributed by atoms with E-state index in [9.17, 15) is 8.42 Å². The summed E-state index contributed by atoms with van der Waals surface area (Å²) < 4.78 is 43.1. The number of methoxy groups -OCH3 is 3. The van der Waals surface area contributed by atoms with Crippen molar-refractivity contribution >= 4 is 22.4 Å². The van der Waals surface area contributed by atoms with Gasteiger partial charge in [0.05, 0.1) is 21.3 Å². The van der Waals surface area contributed by atoms with Crippen molar-refractivity contribution < 1.29 is 22.6 Å². The van der Waals surface area contributed by atoms with Gasteiger partial charge in [0.1, 0.15) is 17.2 Å². The number of nitrogens with one attached hydrogen (secondary N) is 2. The first-order chi connectivity index (χ1) is 10.4. The molecule has 0 saturated heterocycles. The Morgan fingerprint density at radius 3 is 2.00 bits per heavy atom. The summed E-state index contributed by atoms with van der Waals surface area (Å²) in [5.74, 6) is 0.785. The molecule has 0 amide bonds. The van der Waals surface area contributed by atoms with Gasteiger partial charge in [-0.3, -0.25) is 0 Å². The molecule has 1 atom stereocenters. The maximum absolute atomic E-state index is 12.6. The van der Waals surface area contributed by atoms with E-state index in [1.165, 1.54) is 33.5 Å². The van der Waals surface area contributed by atoms with Crippen LogP contribution in [-0.4, -0.2) is 48.9 Å². The third-order valence-electron chi connectivity index (χ3n) is 3.07. The molecule has 0 saturated carbocycles. The zero-order valence-corrected chi connectivity index (χ0v) is 15.6. The summed E-state index contributed by atoms with van der Waals surface area (Å²) in [6.07, 6.45) is 0. The van der Waals surface area contributed by atoms with Crippen LogP contribution in [0, 0.1) is 0 Å². The number of benzene rings is 1. The van der Waals surface area contributed by atoms with Gasteiger partial charge in [0.15, 0.2) is 4.90 Å². The quantitative estimate of drug-likeness (QED) is 0.685. The summed E-state index contributed by atoms with van der Waals surface area (Å²) in [5.41, 5.74) is 0. The van der Waals surface area contributed by atoms with Crippen LogP contribution in [0.1, 0.15) is 13.8 Å². The van der Waals surface area contributed by atoms with E-state index in [-0.39, 0.29) is 41.4 Å². The van der Waals surface area contributed by atoms with E-state index in [4.69, 9.17) is 14.2 Å². The zero-order chi connectivity index (χ0) is 16.8. The van der Waals surface area contributed by atoms with Crippen molar-refractivity contribution in [2.45, 2.75) is 24.8 Å². The van der Waals surface area contributed by atoms with Crippen LogP contribution < -0.4 is 24.2 Å². The predicted octanol–water partition coefficient (Wildman–Crippen LogP) is 1.41. The Bertz CT molecular complexity index is 570. The molecule has 1 aromatic carbocycles. The minimum absolute atomic E-state index is 0. The standard InChI is InChI=1S/C14H24N2O5S.ClH/c1-6-15-10(2)9-16-22(17,18)14-12(20-4)7-11(19-3)8-13(14)21-5;/h7-8,10,15-16H,6,9H2,1-5H3;1H/t10-;/m1./s1. The highest BCUT2D eigenvalue weighted by Gasteiger charge is 2.26. The summed E-state index contributed by atoms with van der Waals surface area (Å²) in [4.78, 5) is -0.0398. The fourth-order valence-corrected chi connectivity index (χ4v) is 3.39. The number of rotatable bonds is 9. The van der Waals surface area contributed by atoms with Crippen molar-refractivity contribution in [3.05, 3.63) is 12.1 Å². The van der Waals surface area contributed by atoms with Crippen molar-refractivity contribution in [3.8, 4) is 17.2 Å². The van der Waals surface area contributed by atoms with Crippen molar-refractivity contribution in [2.75, 3.05) is 34.4 Å². The molecule has 1 rings (SSSR count). The predicted molar refractivity (Wildman–Crippen MR) is 91.7 cm³/mol. The van der Waals surface area contributed by atoms with E-state index < -0.39 is 10.0 Å². The summed E-state index contributed by atoms with van der Waals surface area (Å²) in [6, 6.07) is 3.02. The van der Waals surface area contributed by atoms with E-state index in [0.717, 1.165) is 6.54 Å². The van der Waals surface area contributed by atoms with Gasteiger partial charge in [0.25, 0.3) is 0 Å². The number of sulfonamides is 1. The fourth-order valence-electron chi connectivity index (χ4n) is 1.97. The van der Waals surface area contributed by atoms with Crippen LogP contribution in [0.3, 0.4) is 0 Å². The molecule has 0 unspecified atom stereocenters. The smallest absolute Gasteiger partial charge is 0.248 e. The largest absolute Gasteiger partial charge is 0.496 e. The number of ether oxygens (including phenoxy) is 3. The number of hydrogen-bond donors (Lipinski definition) is 2. The third-order valence-corrected chi connectivity index (χ3v) is 4.56. The lowest BCUT2D eigenvalue weighted by molar-refractivity contribution is 0.358. The second-order valence-corrected chi connectivity index (χ2v) is 6.38. The Labute approximate surface area is 144 Å². The number of likely N-dealkylation sites (N-methyl/N-ethyl adjacent to an activating group) is 1. The highest BCUT2D eigenvalue weighted by Crippen LogP contribution is 2.37. The van der Waals surface area contributed by atoms with E-state index in [1.807, 2.05) is 13.8 Å². The lowest BCUT2D eigenvalue weighted by Gasteiger charge is -2.17. The normalized spacial score (nSPS) is 12.2. The van der Waals surface area contributed by atoms with E-state index in [1.54, 1.807) is 0 Å². The van der Waals surface area contributed by atoms with Crippen LogP contribution in [0.15, 0.2) is 17.0 Å². The van der Waals surface area contributed by atoms with Gasteiger partial charge in [-0.25, -0.2) is 13.1 Å². The minimum Gasteiger partial charge on any atom is -0.496 e. The minimum atomic E-state index is -3.78. The lowest BCUT2D eigenvalue weighted by Crippen LogP contribution is -2.38. The number of halogens is 1. The first-order valence-corrected chi connectivity index (χ1v) is 8.41. The molecule has 0 radical (unpaired) electrons. The SMILES string of the molecule is CCN[C@H](C)CNS(=O)(=O)c1c(OC)cc(OC)cc1OC.Cl. The van der Waals surface area contributed by atoms with E-state index in [0.29, 0.717) is 5.75 Å². The average molecular weight is 369 g/mol. The molecule has 23 heavy (non-hydrogen) atoms. The molecule has 0 aliphatic heterocycles. The zero-order valence-electron chi connectivity index (χ0n) is 14.0. The van der Waals surface area contributed by atoms with Crippen molar-refractivity contribution in [3.63, 3.8) is 0 Å². The molecule has 0 aliphatic rings. The van der Waals surface area contributed by atoms with Crippen LogP contribution in [0.5, 0.6) is 17.2 Å².